The van der Waals surface area contributed by atoms with Crippen molar-refractivity contribution >= 4 is 16.0 Å². The molecule has 1 saturated carbocycles. The zero-order valence-electron chi connectivity index (χ0n) is 21.7. The third-order valence-electron chi connectivity index (χ3n) is 7.25. The standard InChI is InChI=1S/C29H32N2O7S/c1-36-26-13-6-5-12-24(26)25-19-31(39(34,35)23-10-3-2-4-11-23)27(28(25)38-20-21-14-15-21)29(32)37-18-16-22-9-7-8-17-30(22)33/h2-13,17,21,25,27-28H,14-16,18-20H2,1H3. The summed E-state index contributed by atoms with van der Waals surface area (Å²) in [6.07, 6.45) is 2.87. The number of nitrogens with zero attached hydrogens (tertiary/aromatic N) is 2. The first-order valence-corrected chi connectivity index (χ1v) is 14.5. The predicted octanol–water partition coefficient (Wildman–Crippen LogP) is 3.07. The number of carbonyl (C=O) groups is 1. The second-order valence-corrected chi connectivity index (χ2v) is 11.7. The van der Waals surface area contributed by atoms with Crippen LogP contribution in [-0.2, 0) is 30.7 Å². The van der Waals surface area contributed by atoms with Crippen LogP contribution in [0.15, 0.2) is 83.9 Å². The van der Waals surface area contributed by atoms with Gasteiger partial charge in [0.2, 0.25) is 10.0 Å². The number of methoxy groups -OCH3 is 1. The third kappa shape index (κ3) is 5.93. The molecule has 5 rings (SSSR count). The molecule has 2 aromatic carbocycles. The molecule has 0 amide bonds. The van der Waals surface area contributed by atoms with Crippen LogP contribution in [0.1, 0.15) is 30.0 Å². The third-order valence-corrected chi connectivity index (χ3v) is 9.11. The maximum Gasteiger partial charge on any atom is 0.327 e. The van der Waals surface area contributed by atoms with Crippen molar-refractivity contribution in [2.24, 2.45) is 5.92 Å². The summed E-state index contributed by atoms with van der Waals surface area (Å²) in [5.41, 5.74) is 1.21. The molecule has 2 heterocycles. The van der Waals surface area contributed by atoms with Gasteiger partial charge in [0.05, 0.1) is 24.5 Å². The van der Waals surface area contributed by atoms with Gasteiger partial charge in [0.15, 0.2) is 11.9 Å². The Morgan fingerprint density at radius 2 is 1.74 bits per heavy atom. The summed E-state index contributed by atoms with van der Waals surface area (Å²) in [5, 5.41) is 12.0. The van der Waals surface area contributed by atoms with E-state index in [-0.39, 0.29) is 24.5 Å². The van der Waals surface area contributed by atoms with E-state index in [1.165, 1.54) is 22.6 Å². The molecular weight excluding hydrogens is 520 g/mol. The van der Waals surface area contributed by atoms with Crippen LogP contribution in [0.5, 0.6) is 5.75 Å². The summed E-state index contributed by atoms with van der Waals surface area (Å²) in [6, 6.07) is 19.2. The molecule has 0 spiro atoms. The molecule has 0 radical (unpaired) electrons. The highest BCUT2D eigenvalue weighted by Crippen LogP contribution is 2.42. The highest BCUT2D eigenvalue weighted by molar-refractivity contribution is 7.89. The Morgan fingerprint density at radius 3 is 2.46 bits per heavy atom. The van der Waals surface area contributed by atoms with Crippen LogP contribution < -0.4 is 9.47 Å². The van der Waals surface area contributed by atoms with Gasteiger partial charge >= 0.3 is 5.97 Å². The predicted molar refractivity (Wildman–Crippen MR) is 142 cm³/mol. The molecule has 1 aliphatic carbocycles. The van der Waals surface area contributed by atoms with Crippen molar-refractivity contribution < 1.29 is 32.2 Å². The van der Waals surface area contributed by atoms with Gasteiger partial charge in [-0.3, -0.25) is 4.79 Å². The lowest BCUT2D eigenvalue weighted by atomic mass is 9.92. The summed E-state index contributed by atoms with van der Waals surface area (Å²) in [7, 11) is -2.52. The Hall–Kier alpha value is -3.47. The van der Waals surface area contributed by atoms with E-state index in [0.29, 0.717) is 24.0 Å². The van der Waals surface area contributed by atoms with Crippen LogP contribution in [0.4, 0.5) is 0 Å². The quantitative estimate of drug-likeness (QED) is 0.204. The first-order chi connectivity index (χ1) is 18.9. The zero-order valence-corrected chi connectivity index (χ0v) is 22.5. The van der Waals surface area contributed by atoms with Crippen LogP contribution in [0.3, 0.4) is 0 Å². The van der Waals surface area contributed by atoms with Gasteiger partial charge in [-0.2, -0.15) is 9.04 Å². The lowest BCUT2D eigenvalue weighted by Crippen LogP contribution is -2.47. The largest absolute Gasteiger partial charge is 0.619 e. The Labute approximate surface area is 228 Å². The second kappa shape index (κ2) is 11.7. The molecule has 3 atom stereocenters. The normalized spacial score (nSPS) is 21.5. The molecule has 2 fully saturated rings. The van der Waals surface area contributed by atoms with E-state index in [2.05, 4.69) is 0 Å². The molecule has 3 aromatic rings. The minimum atomic E-state index is -4.08. The van der Waals surface area contributed by atoms with Gasteiger partial charge in [-0.15, -0.1) is 0 Å². The Balaban J connectivity index is 1.49. The van der Waals surface area contributed by atoms with Gasteiger partial charge in [0.1, 0.15) is 18.4 Å². The van der Waals surface area contributed by atoms with Gasteiger partial charge in [-0.05, 0) is 37.0 Å². The Bertz CT molecular complexity index is 1400. The summed E-state index contributed by atoms with van der Waals surface area (Å²) in [6.45, 7) is 0.376. The van der Waals surface area contributed by atoms with E-state index in [4.69, 9.17) is 14.2 Å². The molecule has 39 heavy (non-hydrogen) atoms. The number of rotatable bonds is 11. The summed E-state index contributed by atoms with van der Waals surface area (Å²) < 4.78 is 47.3. The second-order valence-electron chi connectivity index (χ2n) is 9.86. The van der Waals surface area contributed by atoms with Crippen molar-refractivity contribution in [3.63, 3.8) is 0 Å². The van der Waals surface area contributed by atoms with E-state index in [1.807, 2.05) is 24.3 Å². The minimum absolute atomic E-state index is 0.0198. The van der Waals surface area contributed by atoms with Crippen LogP contribution >= 0.6 is 0 Å². The molecular formula is C29H32N2O7S. The van der Waals surface area contributed by atoms with E-state index in [1.54, 1.807) is 43.5 Å². The van der Waals surface area contributed by atoms with Gasteiger partial charge in [-0.25, -0.2) is 8.42 Å². The topological polar surface area (TPSA) is 109 Å². The lowest BCUT2D eigenvalue weighted by Gasteiger charge is -2.27. The molecule has 1 aromatic heterocycles. The molecule has 0 N–H and O–H groups in total. The maximum absolute atomic E-state index is 13.9. The van der Waals surface area contributed by atoms with Crippen molar-refractivity contribution in [1.29, 1.82) is 0 Å². The van der Waals surface area contributed by atoms with E-state index in [9.17, 15) is 18.4 Å². The van der Waals surface area contributed by atoms with E-state index in [0.717, 1.165) is 23.1 Å². The zero-order chi connectivity index (χ0) is 27.4. The number of sulfonamides is 1. The average Bonchev–Trinajstić information content (AvgIpc) is 3.71. The Kier molecular flexibility index (Phi) is 8.15. The maximum atomic E-state index is 13.9. The van der Waals surface area contributed by atoms with Crippen LogP contribution in [0.2, 0.25) is 0 Å². The van der Waals surface area contributed by atoms with Crippen LogP contribution in [0.25, 0.3) is 0 Å². The number of ether oxygens (including phenoxy) is 3. The van der Waals surface area contributed by atoms with Crippen molar-refractivity contribution in [2.45, 2.75) is 42.2 Å². The van der Waals surface area contributed by atoms with Crippen molar-refractivity contribution in [2.75, 3.05) is 26.9 Å². The molecule has 9 nitrogen and oxygen atoms in total. The molecule has 2 aliphatic rings. The average molecular weight is 553 g/mol. The fourth-order valence-corrected chi connectivity index (χ4v) is 6.64. The fourth-order valence-electron chi connectivity index (χ4n) is 5.01. The van der Waals surface area contributed by atoms with Gasteiger partial charge in [-0.1, -0.05) is 42.5 Å². The van der Waals surface area contributed by atoms with Gasteiger partial charge in [0, 0.05) is 36.8 Å². The molecule has 1 saturated heterocycles. The van der Waals surface area contributed by atoms with E-state index < -0.39 is 34.1 Å². The number of para-hydroxylation sites is 1. The summed E-state index contributed by atoms with van der Waals surface area (Å²) in [5.74, 6) is -0.182. The minimum Gasteiger partial charge on any atom is -0.619 e. The number of benzene rings is 2. The summed E-state index contributed by atoms with van der Waals surface area (Å²) >= 11 is 0. The molecule has 0 bridgehead atoms. The summed E-state index contributed by atoms with van der Waals surface area (Å²) in [4.78, 5) is 13.8. The highest BCUT2D eigenvalue weighted by Gasteiger charge is 2.53. The van der Waals surface area contributed by atoms with Gasteiger partial charge in [0.25, 0.3) is 0 Å². The van der Waals surface area contributed by atoms with E-state index >= 15 is 0 Å². The first-order valence-electron chi connectivity index (χ1n) is 13.0. The number of aromatic nitrogens is 1. The molecule has 206 valence electrons. The van der Waals surface area contributed by atoms with Crippen molar-refractivity contribution in [3.8, 4) is 5.75 Å². The van der Waals surface area contributed by atoms with Crippen molar-refractivity contribution in [1.82, 2.24) is 4.31 Å². The smallest absolute Gasteiger partial charge is 0.327 e. The number of pyridine rings is 1. The molecule has 10 heteroatoms. The van der Waals surface area contributed by atoms with Crippen LogP contribution in [0, 0.1) is 11.1 Å². The molecule has 3 unspecified atom stereocenters. The highest BCUT2D eigenvalue weighted by atomic mass is 32.2. The van der Waals surface area contributed by atoms with Crippen LogP contribution in [-0.4, -0.2) is 57.7 Å². The monoisotopic (exact) mass is 552 g/mol. The van der Waals surface area contributed by atoms with Gasteiger partial charge < -0.3 is 19.4 Å². The lowest BCUT2D eigenvalue weighted by molar-refractivity contribution is -0.614. The van der Waals surface area contributed by atoms with Crippen molar-refractivity contribution in [3.05, 3.63) is 95.5 Å². The number of hydrogen-bond acceptors (Lipinski definition) is 7. The first kappa shape index (κ1) is 27.1. The SMILES string of the molecule is COc1ccccc1C1CN(S(=O)(=O)c2ccccc2)C(C(=O)OCCc2cccc[n+]2[O-])C1OCC1CC1. The number of carbonyl (C=O) groups excluding carboxylic acids is 1. The fraction of sp³-hybridized carbons (Fsp3) is 0.379. The molecule has 1 aliphatic heterocycles. The number of esters is 1. The number of hydrogen-bond donors (Lipinski definition) is 0. The Morgan fingerprint density at radius 1 is 1.03 bits per heavy atom.